The summed E-state index contributed by atoms with van der Waals surface area (Å²) in [5.74, 6) is 3.07. The first-order valence-corrected chi connectivity index (χ1v) is 7.37. The molecule has 0 spiro atoms. The lowest BCUT2D eigenvalue weighted by atomic mass is 10.2. The van der Waals surface area contributed by atoms with Gasteiger partial charge in [0, 0.05) is 24.9 Å². The van der Waals surface area contributed by atoms with Gasteiger partial charge in [-0.3, -0.25) is 4.68 Å². The minimum Gasteiger partial charge on any atom is -0.462 e. The number of nitrogens with one attached hydrogen (secondary N) is 1. The monoisotopic (exact) mass is 316 g/mol. The van der Waals surface area contributed by atoms with E-state index in [1.807, 2.05) is 49.8 Å². The Morgan fingerprint density at radius 2 is 2.09 bits per heavy atom. The Kier molecular flexibility index (Phi) is 4.20. The predicted molar refractivity (Wildman–Crippen MR) is 84.1 cm³/mol. The lowest BCUT2D eigenvalue weighted by Crippen LogP contribution is -2.13. The lowest BCUT2D eigenvalue weighted by molar-refractivity contribution is 0.105. The number of anilines is 1. The van der Waals surface area contributed by atoms with Gasteiger partial charge < -0.3 is 19.0 Å². The Bertz CT molecular complexity index is 767. The summed E-state index contributed by atoms with van der Waals surface area (Å²) in [6, 6.07) is 5.68. The van der Waals surface area contributed by atoms with Gasteiger partial charge in [0.25, 0.3) is 0 Å². The van der Waals surface area contributed by atoms with Gasteiger partial charge in [-0.1, -0.05) is 5.16 Å². The highest BCUT2D eigenvalue weighted by atomic mass is 16.5. The van der Waals surface area contributed by atoms with Crippen LogP contribution in [0.15, 0.2) is 33.3 Å². The fraction of sp³-hybridized carbons (Fsp3) is 0.375. The number of aromatic nitrogens is 3. The molecular formula is C16H20N4O3. The Morgan fingerprint density at radius 1 is 1.26 bits per heavy atom. The molecule has 1 unspecified atom stereocenters. The molecule has 1 atom stereocenters. The van der Waals surface area contributed by atoms with Gasteiger partial charge in [-0.15, -0.1) is 0 Å². The predicted octanol–water partition coefficient (Wildman–Crippen LogP) is 3.19. The number of furan rings is 1. The summed E-state index contributed by atoms with van der Waals surface area (Å²) in [7, 11) is 1.62. The zero-order valence-electron chi connectivity index (χ0n) is 13.7. The van der Waals surface area contributed by atoms with Gasteiger partial charge in [0.2, 0.25) is 0 Å². The number of methoxy groups -OCH3 is 1. The van der Waals surface area contributed by atoms with Crippen LogP contribution in [0.2, 0.25) is 0 Å². The van der Waals surface area contributed by atoms with Gasteiger partial charge >= 0.3 is 0 Å². The topological polar surface area (TPSA) is 78.2 Å². The normalized spacial score (nSPS) is 12.5. The maximum absolute atomic E-state index is 5.59. The quantitative estimate of drug-likeness (QED) is 0.704. The highest BCUT2D eigenvalue weighted by Crippen LogP contribution is 2.21. The van der Waals surface area contributed by atoms with E-state index < -0.39 is 0 Å². The molecule has 0 aliphatic heterocycles. The minimum atomic E-state index is -0.383. The molecular weight excluding hydrogens is 296 g/mol. The van der Waals surface area contributed by atoms with Crippen LogP contribution in [-0.2, 0) is 11.3 Å². The van der Waals surface area contributed by atoms with E-state index in [-0.39, 0.29) is 6.23 Å². The molecule has 0 saturated heterocycles. The summed E-state index contributed by atoms with van der Waals surface area (Å²) in [6.45, 7) is 6.34. The molecule has 0 aliphatic carbocycles. The smallest absolute Gasteiger partial charge is 0.187 e. The Balaban J connectivity index is 1.71. The van der Waals surface area contributed by atoms with E-state index in [9.17, 15) is 0 Å². The number of rotatable bonds is 6. The second-order valence-electron chi connectivity index (χ2n) is 5.41. The zero-order chi connectivity index (χ0) is 16.4. The molecule has 0 amide bonds. The van der Waals surface area contributed by atoms with Gasteiger partial charge in [0.05, 0.1) is 12.2 Å². The van der Waals surface area contributed by atoms with Crippen molar-refractivity contribution < 1.29 is 13.7 Å². The van der Waals surface area contributed by atoms with Crippen molar-refractivity contribution in [3.05, 3.63) is 52.9 Å². The van der Waals surface area contributed by atoms with Crippen LogP contribution in [0, 0.1) is 20.8 Å². The van der Waals surface area contributed by atoms with Gasteiger partial charge in [-0.25, -0.2) is 0 Å². The number of hydrogen-bond donors (Lipinski definition) is 1. The Hall–Kier alpha value is -2.54. The third kappa shape index (κ3) is 3.29. The molecule has 0 radical (unpaired) electrons. The molecule has 122 valence electrons. The molecule has 0 bridgehead atoms. The molecule has 23 heavy (non-hydrogen) atoms. The van der Waals surface area contributed by atoms with Gasteiger partial charge in [-0.05, 0) is 32.9 Å². The van der Waals surface area contributed by atoms with Crippen molar-refractivity contribution in [2.45, 2.75) is 33.5 Å². The van der Waals surface area contributed by atoms with Crippen LogP contribution < -0.4 is 5.32 Å². The summed E-state index contributed by atoms with van der Waals surface area (Å²) in [4.78, 5) is 0. The highest BCUT2D eigenvalue weighted by Gasteiger charge is 2.16. The molecule has 0 aromatic carbocycles. The van der Waals surface area contributed by atoms with E-state index in [1.54, 1.807) is 7.11 Å². The molecule has 3 heterocycles. The van der Waals surface area contributed by atoms with Crippen LogP contribution in [0.5, 0.6) is 0 Å². The van der Waals surface area contributed by atoms with Gasteiger partial charge in [0.15, 0.2) is 12.0 Å². The van der Waals surface area contributed by atoms with Crippen molar-refractivity contribution in [1.82, 2.24) is 14.9 Å². The molecule has 3 aromatic heterocycles. The van der Waals surface area contributed by atoms with Crippen molar-refractivity contribution >= 4 is 5.82 Å². The summed E-state index contributed by atoms with van der Waals surface area (Å²) in [5, 5.41) is 11.7. The summed E-state index contributed by atoms with van der Waals surface area (Å²) < 4.78 is 18.0. The van der Waals surface area contributed by atoms with Gasteiger partial charge in [0.1, 0.15) is 17.3 Å². The van der Waals surface area contributed by atoms with Crippen LogP contribution >= 0.6 is 0 Å². The van der Waals surface area contributed by atoms with Crippen molar-refractivity contribution in [1.29, 1.82) is 0 Å². The van der Waals surface area contributed by atoms with E-state index in [0.717, 1.165) is 22.8 Å². The maximum atomic E-state index is 5.59. The van der Waals surface area contributed by atoms with Crippen LogP contribution in [0.4, 0.5) is 5.82 Å². The van der Waals surface area contributed by atoms with Gasteiger partial charge in [-0.2, -0.15) is 5.10 Å². The highest BCUT2D eigenvalue weighted by molar-refractivity contribution is 5.35. The summed E-state index contributed by atoms with van der Waals surface area (Å²) in [5.41, 5.74) is 1.93. The largest absolute Gasteiger partial charge is 0.462 e. The molecule has 3 rings (SSSR count). The van der Waals surface area contributed by atoms with Crippen molar-refractivity contribution in [2.24, 2.45) is 0 Å². The molecule has 3 aromatic rings. The summed E-state index contributed by atoms with van der Waals surface area (Å²) in [6.07, 6.45) is 1.51. The fourth-order valence-electron chi connectivity index (χ4n) is 2.39. The second kappa shape index (κ2) is 6.29. The van der Waals surface area contributed by atoms with Crippen LogP contribution in [0.1, 0.15) is 34.8 Å². The SMILES string of the molecule is COC(Nc1ccn(Cc2c(C)noc2C)n1)c1ccc(C)o1. The molecule has 1 N–H and O–H groups in total. The van der Waals surface area contributed by atoms with Crippen molar-refractivity contribution in [3.8, 4) is 0 Å². The van der Waals surface area contributed by atoms with Crippen molar-refractivity contribution in [2.75, 3.05) is 12.4 Å². The molecule has 0 aliphatic rings. The van der Waals surface area contributed by atoms with E-state index in [0.29, 0.717) is 18.1 Å². The summed E-state index contributed by atoms with van der Waals surface area (Å²) >= 11 is 0. The van der Waals surface area contributed by atoms with Crippen LogP contribution in [0.25, 0.3) is 0 Å². The van der Waals surface area contributed by atoms with Crippen LogP contribution in [0.3, 0.4) is 0 Å². The first kappa shape index (κ1) is 15.4. The molecule has 0 saturated carbocycles. The minimum absolute atomic E-state index is 0.383. The standard InChI is InChI=1S/C16H20N4O3/c1-10-5-6-14(22-10)16(21-4)17-15-7-8-20(18-15)9-13-11(2)19-23-12(13)3/h5-8,16H,9H2,1-4H3,(H,17,18). The lowest BCUT2D eigenvalue weighted by Gasteiger charge is -2.14. The number of aryl methyl sites for hydroxylation is 3. The van der Waals surface area contributed by atoms with E-state index in [1.165, 1.54) is 0 Å². The zero-order valence-corrected chi connectivity index (χ0v) is 13.7. The van der Waals surface area contributed by atoms with E-state index in [2.05, 4.69) is 15.6 Å². The number of hydrogen-bond acceptors (Lipinski definition) is 6. The molecule has 7 heteroatoms. The average molecular weight is 316 g/mol. The first-order chi connectivity index (χ1) is 11.1. The average Bonchev–Trinajstić information content (AvgIpc) is 3.22. The van der Waals surface area contributed by atoms with E-state index in [4.69, 9.17) is 13.7 Å². The Labute approximate surface area is 134 Å². The third-order valence-corrected chi connectivity index (χ3v) is 3.68. The van der Waals surface area contributed by atoms with E-state index >= 15 is 0 Å². The first-order valence-electron chi connectivity index (χ1n) is 7.37. The number of nitrogens with zero attached hydrogens (tertiary/aromatic N) is 3. The third-order valence-electron chi connectivity index (χ3n) is 3.68. The fourth-order valence-corrected chi connectivity index (χ4v) is 2.39. The molecule has 0 fully saturated rings. The maximum Gasteiger partial charge on any atom is 0.187 e. The molecule has 7 nitrogen and oxygen atoms in total. The number of ether oxygens (including phenoxy) is 1. The van der Waals surface area contributed by atoms with Crippen LogP contribution in [-0.4, -0.2) is 22.0 Å². The van der Waals surface area contributed by atoms with Crippen molar-refractivity contribution in [3.63, 3.8) is 0 Å². The Morgan fingerprint density at radius 3 is 2.70 bits per heavy atom. The second-order valence-corrected chi connectivity index (χ2v) is 5.41.